The van der Waals surface area contributed by atoms with Crippen molar-refractivity contribution in [2.24, 2.45) is 5.92 Å². The van der Waals surface area contributed by atoms with E-state index >= 15 is 0 Å². The predicted molar refractivity (Wildman–Crippen MR) is 146 cm³/mol. The smallest absolute Gasteiger partial charge is 0.306 e. The Morgan fingerprint density at radius 1 is 1.23 bits per heavy atom. The van der Waals surface area contributed by atoms with Gasteiger partial charge in [0.2, 0.25) is 5.88 Å². The minimum Gasteiger partial charge on any atom is -0.494 e. The third kappa shape index (κ3) is 5.77. The Morgan fingerprint density at radius 2 is 2.03 bits per heavy atom. The Balaban J connectivity index is 1.56. The first-order valence-corrected chi connectivity index (χ1v) is 13.2. The first kappa shape index (κ1) is 26.7. The maximum atomic E-state index is 11.1. The number of hydrogen-bond acceptors (Lipinski definition) is 7. The van der Waals surface area contributed by atoms with Crippen LogP contribution in [0.4, 0.5) is 0 Å². The summed E-state index contributed by atoms with van der Waals surface area (Å²) in [6.45, 7) is 4.15. The zero-order valence-corrected chi connectivity index (χ0v) is 22.8. The minimum absolute atomic E-state index is 0.239. The monoisotopic (exact) mass is 565 g/mol. The van der Waals surface area contributed by atoms with Crippen molar-refractivity contribution in [2.75, 3.05) is 6.61 Å². The van der Waals surface area contributed by atoms with Crippen LogP contribution in [-0.4, -0.2) is 42.8 Å². The molecule has 1 unspecified atom stereocenters. The van der Waals surface area contributed by atoms with Gasteiger partial charge >= 0.3 is 5.97 Å². The van der Waals surface area contributed by atoms with Crippen molar-refractivity contribution in [3.05, 3.63) is 63.9 Å². The Hall–Kier alpha value is -3.87. The van der Waals surface area contributed by atoms with Crippen LogP contribution < -0.4 is 9.47 Å². The molecule has 1 atom stereocenters. The number of hydrogen-bond donors (Lipinski definition) is 1. The van der Waals surface area contributed by atoms with Gasteiger partial charge in [-0.05, 0) is 68.1 Å². The van der Waals surface area contributed by atoms with Crippen LogP contribution >= 0.6 is 23.2 Å². The van der Waals surface area contributed by atoms with Gasteiger partial charge in [-0.3, -0.25) is 4.79 Å². The molecule has 9 nitrogen and oxygen atoms in total. The van der Waals surface area contributed by atoms with Crippen molar-refractivity contribution in [2.45, 2.75) is 45.3 Å². The van der Waals surface area contributed by atoms with Gasteiger partial charge in [0, 0.05) is 10.6 Å². The van der Waals surface area contributed by atoms with Crippen molar-refractivity contribution in [3.8, 4) is 29.1 Å². The van der Waals surface area contributed by atoms with E-state index in [0.717, 1.165) is 12.8 Å². The molecule has 4 aromatic rings. The molecule has 0 spiro atoms. The number of aromatic nitrogens is 4. The number of halogens is 2. The van der Waals surface area contributed by atoms with Crippen molar-refractivity contribution < 1.29 is 19.4 Å². The standard InChI is InChI=1S/C28H25Cl2N5O4/c1-16(27(36)37)7-10-38-20-5-6-21(22(30)12-20)24-34-23-25(32-15-33-26(23)39-28(2)8-9-28)35(24)14-18-11-19(29)4-3-17(18)13-31/h3-6,11-12,15-16H,7-10,14H2,1-2H3,(H,36,37). The molecule has 0 aliphatic heterocycles. The van der Waals surface area contributed by atoms with Crippen molar-refractivity contribution in [1.82, 2.24) is 19.5 Å². The van der Waals surface area contributed by atoms with Crippen LogP contribution in [0.1, 0.15) is 44.2 Å². The fraction of sp³-hybridized carbons (Fsp3) is 0.321. The summed E-state index contributed by atoms with van der Waals surface area (Å²) in [6, 6.07) is 12.5. The zero-order chi connectivity index (χ0) is 27.7. The molecule has 5 rings (SSSR count). The molecule has 0 bridgehead atoms. The molecule has 1 saturated carbocycles. The number of nitrogens with zero attached hydrogens (tertiary/aromatic N) is 5. The summed E-state index contributed by atoms with van der Waals surface area (Å²) in [5.74, 6) is 0.0228. The number of ether oxygens (including phenoxy) is 2. The maximum Gasteiger partial charge on any atom is 0.306 e. The average Bonchev–Trinajstić information content (AvgIpc) is 3.52. The number of nitriles is 1. The number of carbonyl (C=O) groups is 1. The summed E-state index contributed by atoms with van der Waals surface area (Å²) in [5.41, 5.74) is 2.53. The lowest BCUT2D eigenvalue weighted by Crippen LogP contribution is -2.13. The number of fused-ring (bicyclic) bond motifs is 1. The van der Waals surface area contributed by atoms with Gasteiger partial charge in [0.15, 0.2) is 11.2 Å². The lowest BCUT2D eigenvalue weighted by molar-refractivity contribution is -0.141. The Morgan fingerprint density at radius 3 is 2.72 bits per heavy atom. The molecule has 2 aromatic heterocycles. The van der Waals surface area contributed by atoms with Crippen LogP contribution in [0, 0.1) is 17.2 Å². The third-order valence-electron chi connectivity index (χ3n) is 6.73. The molecule has 1 aliphatic carbocycles. The summed E-state index contributed by atoms with van der Waals surface area (Å²) in [5, 5.41) is 19.7. The molecule has 200 valence electrons. The zero-order valence-electron chi connectivity index (χ0n) is 21.3. The number of benzene rings is 2. The molecule has 39 heavy (non-hydrogen) atoms. The van der Waals surface area contributed by atoms with Crippen molar-refractivity contribution in [1.29, 1.82) is 5.26 Å². The number of aliphatic carboxylic acids is 1. The van der Waals surface area contributed by atoms with Gasteiger partial charge in [-0.25, -0.2) is 9.97 Å². The summed E-state index contributed by atoms with van der Waals surface area (Å²) in [4.78, 5) is 24.8. The average molecular weight is 566 g/mol. The molecule has 2 heterocycles. The Kier molecular flexibility index (Phi) is 7.34. The Labute approximate surface area is 234 Å². The Bertz CT molecular complexity index is 1610. The SMILES string of the molecule is CC(CCOc1ccc(-c2nc3c(OC4(C)CC4)ncnc3n2Cc2cc(Cl)ccc2C#N)c(Cl)c1)C(=O)O. The molecular weight excluding hydrogens is 541 g/mol. The van der Waals surface area contributed by atoms with Crippen LogP contribution in [0.25, 0.3) is 22.6 Å². The van der Waals surface area contributed by atoms with Gasteiger partial charge in [0.25, 0.3) is 0 Å². The van der Waals surface area contributed by atoms with Crippen LogP contribution in [0.2, 0.25) is 10.0 Å². The van der Waals surface area contributed by atoms with E-state index < -0.39 is 11.9 Å². The molecule has 2 aromatic carbocycles. The predicted octanol–water partition coefficient (Wildman–Crippen LogP) is 6.14. The minimum atomic E-state index is -0.868. The lowest BCUT2D eigenvalue weighted by atomic mass is 10.1. The van der Waals surface area contributed by atoms with Crippen molar-refractivity contribution >= 4 is 40.3 Å². The van der Waals surface area contributed by atoms with Crippen molar-refractivity contribution in [3.63, 3.8) is 0 Å². The quantitative estimate of drug-likeness (QED) is 0.243. The fourth-order valence-corrected chi connectivity index (χ4v) is 4.52. The van der Waals surface area contributed by atoms with Gasteiger partial charge in [-0.1, -0.05) is 30.1 Å². The number of carboxylic acids is 1. The molecule has 1 aliphatic rings. The maximum absolute atomic E-state index is 11.1. The van der Waals surface area contributed by atoms with E-state index in [9.17, 15) is 10.1 Å². The van der Waals surface area contributed by atoms with E-state index in [1.165, 1.54) is 6.33 Å². The van der Waals surface area contributed by atoms with Crippen LogP contribution in [-0.2, 0) is 11.3 Å². The molecule has 0 radical (unpaired) electrons. The summed E-state index contributed by atoms with van der Waals surface area (Å²) >= 11 is 13.0. The number of imidazole rings is 1. The number of rotatable bonds is 10. The van der Waals surface area contributed by atoms with Crippen LogP contribution in [0.3, 0.4) is 0 Å². The summed E-state index contributed by atoms with van der Waals surface area (Å²) in [7, 11) is 0. The van der Waals surface area contributed by atoms with E-state index in [1.54, 1.807) is 43.3 Å². The fourth-order valence-electron chi connectivity index (χ4n) is 4.07. The lowest BCUT2D eigenvalue weighted by Gasteiger charge is -2.13. The van der Waals surface area contributed by atoms with Gasteiger partial charge in [0.05, 0.1) is 35.7 Å². The highest BCUT2D eigenvalue weighted by Crippen LogP contribution is 2.41. The normalized spacial score (nSPS) is 14.5. The highest BCUT2D eigenvalue weighted by Gasteiger charge is 2.41. The number of carboxylic acid groups (broad SMARTS) is 1. The molecule has 1 N–H and O–H groups in total. The molecular formula is C28H25Cl2N5O4. The molecule has 0 amide bonds. The molecule has 1 fully saturated rings. The highest BCUT2D eigenvalue weighted by atomic mass is 35.5. The van der Waals surface area contributed by atoms with E-state index in [1.807, 2.05) is 11.5 Å². The van der Waals surface area contributed by atoms with E-state index in [4.69, 9.17) is 42.8 Å². The topological polar surface area (TPSA) is 123 Å². The highest BCUT2D eigenvalue weighted by molar-refractivity contribution is 6.33. The largest absolute Gasteiger partial charge is 0.494 e. The van der Waals surface area contributed by atoms with E-state index in [0.29, 0.717) is 61.8 Å². The second kappa shape index (κ2) is 10.7. The summed E-state index contributed by atoms with van der Waals surface area (Å²) in [6.07, 6.45) is 3.66. The van der Waals surface area contributed by atoms with Gasteiger partial charge in [-0.15, -0.1) is 0 Å². The molecule has 0 saturated heterocycles. The van der Waals surface area contributed by atoms with Gasteiger partial charge in [-0.2, -0.15) is 10.2 Å². The first-order chi connectivity index (χ1) is 18.7. The summed E-state index contributed by atoms with van der Waals surface area (Å²) < 4.78 is 13.8. The molecule has 11 heteroatoms. The second-order valence-electron chi connectivity index (χ2n) is 9.86. The second-order valence-corrected chi connectivity index (χ2v) is 10.7. The third-order valence-corrected chi connectivity index (χ3v) is 7.28. The van der Waals surface area contributed by atoms with Crippen LogP contribution in [0.5, 0.6) is 11.6 Å². The van der Waals surface area contributed by atoms with Crippen LogP contribution in [0.15, 0.2) is 42.7 Å². The van der Waals surface area contributed by atoms with Gasteiger partial charge in [0.1, 0.15) is 23.5 Å². The van der Waals surface area contributed by atoms with E-state index in [-0.39, 0.29) is 18.8 Å². The van der Waals surface area contributed by atoms with E-state index in [2.05, 4.69) is 16.0 Å². The van der Waals surface area contributed by atoms with Gasteiger partial charge < -0.3 is 19.1 Å². The first-order valence-electron chi connectivity index (χ1n) is 12.4.